The van der Waals surface area contributed by atoms with Gasteiger partial charge in [-0.1, -0.05) is 42.5 Å². The molecule has 0 aliphatic heterocycles. The van der Waals surface area contributed by atoms with Crippen LogP contribution in [0, 0.1) is 11.3 Å². The minimum Gasteiger partial charge on any atom is -0.478 e. The van der Waals surface area contributed by atoms with Crippen molar-refractivity contribution in [1.82, 2.24) is 10.7 Å². The van der Waals surface area contributed by atoms with E-state index in [2.05, 4.69) is 15.8 Å². The molecule has 0 unspecified atom stereocenters. The van der Waals surface area contributed by atoms with Gasteiger partial charge in [0.2, 0.25) is 5.91 Å². The lowest BCUT2D eigenvalue weighted by Crippen LogP contribution is -2.33. The number of alkyl carbamates (subject to hydrolysis) is 1. The second kappa shape index (κ2) is 11.8. The number of hydrogen-bond donors (Lipinski definition) is 2. The molecular formula is C21H22N4O4. The van der Waals surface area contributed by atoms with Gasteiger partial charge in [0.15, 0.2) is 6.61 Å². The quantitative estimate of drug-likeness (QED) is 0.501. The Morgan fingerprint density at radius 1 is 1.17 bits per heavy atom. The average Bonchev–Trinajstić information content (AvgIpc) is 2.73. The summed E-state index contributed by atoms with van der Waals surface area (Å²) in [6.45, 7) is 1.85. The molecule has 2 aromatic rings. The van der Waals surface area contributed by atoms with Gasteiger partial charge in [-0.2, -0.15) is 10.4 Å². The van der Waals surface area contributed by atoms with Crippen LogP contribution in [0.15, 0.2) is 59.7 Å². The summed E-state index contributed by atoms with van der Waals surface area (Å²) in [6, 6.07) is 17.5. The first kappa shape index (κ1) is 21.4. The average molecular weight is 394 g/mol. The number of nitriles is 1. The Balaban J connectivity index is 2.00. The minimum atomic E-state index is -0.596. The summed E-state index contributed by atoms with van der Waals surface area (Å²) in [5, 5.41) is 15.3. The summed E-state index contributed by atoms with van der Waals surface area (Å²) in [4.78, 5) is 24.1. The van der Waals surface area contributed by atoms with E-state index in [0.717, 1.165) is 5.56 Å². The Kier molecular flexibility index (Phi) is 8.70. The second-order valence-corrected chi connectivity index (χ2v) is 5.81. The highest BCUT2D eigenvalue weighted by Crippen LogP contribution is 2.17. The van der Waals surface area contributed by atoms with Gasteiger partial charge in [-0.25, -0.2) is 10.2 Å². The standard InChI is InChI=1S/C21H22N4O4/c1-2-28-21(27)24-18(16-8-4-3-5-9-16)14-20(26)25-23-15-17-10-6-7-11-19(17)29-13-12-22/h3-11,15,18H,2,13-14H2,1H3,(H,24,27)(H,25,26)/b23-15-/t18-/m0/s1. The highest BCUT2D eigenvalue weighted by Gasteiger charge is 2.18. The molecule has 8 heteroatoms. The maximum atomic E-state index is 12.3. The van der Waals surface area contributed by atoms with Crippen LogP contribution in [0.3, 0.4) is 0 Å². The first-order valence-electron chi connectivity index (χ1n) is 9.03. The van der Waals surface area contributed by atoms with Crippen LogP contribution in [-0.4, -0.2) is 31.4 Å². The molecule has 0 radical (unpaired) electrons. The van der Waals surface area contributed by atoms with Crippen molar-refractivity contribution in [2.75, 3.05) is 13.2 Å². The summed E-state index contributed by atoms with van der Waals surface area (Å²) < 4.78 is 10.2. The maximum Gasteiger partial charge on any atom is 0.407 e. The molecule has 2 aromatic carbocycles. The zero-order chi connectivity index (χ0) is 20.9. The van der Waals surface area contributed by atoms with E-state index in [1.165, 1.54) is 6.21 Å². The summed E-state index contributed by atoms with van der Waals surface area (Å²) in [5.41, 5.74) is 3.83. The fourth-order valence-corrected chi connectivity index (χ4v) is 2.49. The molecule has 2 N–H and O–H groups in total. The molecule has 1 atom stereocenters. The summed E-state index contributed by atoms with van der Waals surface area (Å²) in [6.07, 6.45) is 0.814. The van der Waals surface area contributed by atoms with E-state index >= 15 is 0 Å². The van der Waals surface area contributed by atoms with Crippen LogP contribution >= 0.6 is 0 Å². The Morgan fingerprint density at radius 2 is 1.90 bits per heavy atom. The molecule has 0 bridgehead atoms. The summed E-state index contributed by atoms with van der Waals surface area (Å²) in [7, 11) is 0. The van der Waals surface area contributed by atoms with Crippen molar-refractivity contribution < 1.29 is 19.1 Å². The van der Waals surface area contributed by atoms with Crippen LogP contribution < -0.4 is 15.5 Å². The number of carbonyl (C=O) groups is 2. The Hall–Kier alpha value is -3.86. The number of nitrogens with zero attached hydrogens (tertiary/aromatic N) is 2. The van der Waals surface area contributed by atoms with Crippen molar-refractivity contribution in [2.45, 2.75) is 19.4 Å². The molecule has 150 valence electrons. The molecule has 2 amide bonds. The predicted octanol–water partition coefficient (Wildman–Crippen LogP) is 2.92. The van der Waals surface area contributed by atoms with Crippen molar-refractivity contribution in [3.8, 4) is 11.8 Å². The van der Waals surface area contributed by atoms with Crippen molar-refractivity contribution in [3.05, 3.63) is 65.7 Å². The van der Waals surface area contributed by atoms with Gasteiger partial charge < -0.3 is 14.8 Å². The van der Waals surface area contributed by atoms with Crippen molar-refractivity contribution in [2.24, 2.45) is 5.10 Å². The van der Waals surface area contributed by atoms with Gasteiger partial charge in [0.05, 0.1) is 25.3 Å². The van der Waals surface area contributed by atoms with Crippen LogP contribution in [0.5, 0.6) is 5.75 Å². The van der Waals surface area contributed by atoms with Gasteiger partial charge >= 0.3 is 6.09 Å². The van der Waals surface area contributed by atoms with Crippen LogP contribution in [0.1, 0.15) is 30.5 Å². The fourth-order valence-electron chi connectivity index (χ4n) is 2.49. The summed E-state index contributed by atoms with van der Waals surface area (Å²) in [5.74, 6) is 0.0977. The van der Waals surface area contributed by atoms with E-state index < -0.39 is 12.1 Å². The molecule has 29 heavy (non-hydrogen) atoms. The lowest BCUT2D eigenvalue weighted by Gasteiger charge is -2.18. The fraction of sp³-hybridized carbons (Fsp3) is 0.238. The number of rotatable bonds is 9. The number of ether oxygens (including phenoxy) is 2. The third kappa shape index (κ3) is 7.34. The van der Waals surface area contributed by atoms with Gasteiger partial charge in [0.25, 0.3) is 0 Å². The largest absolute Gasteiger partial charge is 0.478 e. The van der Waals surface area contributed by atoms with E-state index in [1.807, 2.05) is 36.4 Å². The van der Waals surface area contributed by atoms with Crippen LogP contribution in [0.2, 0.25) is 0 Å². The second-order valence-electron chi connectivity index (χ2n) is 5.81. The summed E-state index contributed by atoms with van der Waals surface area (Å²) >= 11 is 0. The SMILES string of the molecule is CCOC(=O)N[C@@H](CC(=O)N/N=C\c1ccccc1OCC#N)c1ccccc1. The van der Waals surface area contributed by atoms with E-state index in [0.29, 0.717) is 11.3 Å². The van der Waals surface area contributed by atoms with E-state index in [4.69, 9.17) is 14.7 Å². The van der Waals surface area contributed by atoms with Gasteiger partial charge in [-0.3, -0.25) is 4.79 Å². The molecular weight excluding hydrogens is 372 g/mol. The smallest absolute Gasteiger partial charge is 0.407 e. The van der Waals surface area contributed by atoms with Crippen molar-refractivity contribution in [3.63, 3.8) is 0 Å². The predicted molar refractivity (Wildman–Crippen MR) is 107 cm³/mol. The van der Waals surface area contributed by atoms with Gasteiger partial charge in [-0.05, 0) is 24.6 Å². The highest BCUT2D eigenvalue weighted by atomic mass is 16.5. The van der Waals surface area contributed by atoms with Crippen LogP contribution in [0.4, 0.5) is 4.79 Å². The first-order valence-corrected chi connectivity index (χ1v) is 9.03. The molecule has 0 saturated heterocycles. The topological polar surface area (TPSA) is 113 Å². The lowest BCUT2D eigenvalue weighted by atomic mass is 10.0. The molecule has 0 aliphatic rings. The van der Waals surface area contributed by atoms with E-state index in [-0.39, 0.29) is 25.5 Å². The Labute approximate surface area is 169 Å². The normalized spacial score (nSPS) is 11.3. The molecule has 0 saturated carbocycles. The third-order valence-corrected chi connectivity index (χ3v) is 3.76. The number of benzene rings is 2. The molecule has 0 spiro atoms. The first-order chi connectivity index (χ1) is 14.1. The molecule has 2 rings (SSSR count). The Morgan fingerprint density at radius 3 is 2.62 bits per heavy atom. The number of carbonyl (C=O) groups excluding carboxylic acids is 2. The van der Waals surface area contributed by atoms with Crippen molar-refractivity contribution in [1.29, 1.82) is 5.26 Å². The van der Waals surface area contributed by atoms with Crippen molar-refractivity contribution >= 4 is 18.2 Å². The molecule has 8 nitrogen and oxygen atoms in total. The molecule has 0 fully saturated rings. The van der Waals surface area contributed by atoms with Crippen LogP contribution in [0.25, 0.3) is 0 Å². The minimum absolute atomic E-state index is 0.0211. The zero-order valence-electron chi connectivity index (χ0n) is 16.0. The highest BCUT2D eigenvalue weighted by molar-refractivity contribution is 5.85. The van der Waals surface area contributed by atoms with Crippen LogP contribution in [-0.2, 0) is 9.53 Å². The number of amides is 2. The maximum absolute atomic E-state index is 12.3. The van der Waals surface area contributed by atoms with Gasteiger partial charge in [0.1, 0.15) is 11.8 Å². The molecule has 0 aliphatic carbocycles. The Bertz CT molecular complexity index is 878. The third-order valence-electron chi connectivity index (χ3n) is 3.76. The number of para-hydroxylation sites is 1. The zero-order valence-corrected chi connectivity index (χ0v) is 16.0. The monoisotopic (exact) mass is 394 g/mol. The van der Waals surface area contributed by atoms with E-state index in [1.54, 1.807) is 31.2 Å². The van der Waals surface area contributed by atoms with E-state index in [9.17, 15) is 9.59 Å². The molecule has 0 aromatic heterocycles. The number of nitrogens with one attached hydrogen (secondary N) is 2. The number of hydrazone groups is 1. The van der Waals surface area contributed by atoms with Gasteiger partial charge in [-0.15, -0.1) is 0 Å². The lowest BCUT2D eigenvalue weighted by molar-refractivity contribution is -0.121. The molecule has 0 heterocycles. The van der Waals surface area contributed by atoms with Gasteiger partial charge in [0, 0.05) is 5.56 Å². The number of hydrogen-bond acceptors (Lipinski definition) is 6.